The Bertz CT molecular complexity index is 697. The van der Waals surface area contributed by atoms with Crippen LogP contribution in [0, 0.1) is 17.3 Å². The topological polar surface area (TPSA) is 88.1 Å². The zero-order valence-corrected chi connectivity index (χ0v) is 17.3. The van der Waals surface area contributed by atoms with Crippen molar-refractivity contribution in [2.24, 2.45) is 17.3 Å². The highest BCUT2D eigenvalue weighted by Crippen LogP contribution is 2.58. The molecule has 1 aliphatic heterocycles. The molecule has 0 aromatic carbocycles. The van der Waals surface area contributed by atoms with Crippen molar-refractivity contribution in [2.75, 3.05) is 13.2 Å². The summed E-state index contributed by atoms with van der Waals surface area (Å²) in [4.78, 5) is 34.5. The van der Waals surface area contributed by atoms with Gasteiger partial charge >= 0.3 is 17.9 Å². The summed E-state index contributed by atoms with van der Waals surface area (Å²) < 4.78 is 22.6. The quantitative estimate of drug-likeness (QED) is 0.411. The summed E-state index contributed by atoms with van der Waals surface area (Å²) >= 11 is 0. The number of rotatable bonds is 4. The van der Waals surface area contributed by atoms with Crippen LogP contribution in [0.1, 0.15) is 53.9 Å². The highest BCUT2D eigenvalue weighted by molar-refractivity contribution is 5.67. The van der Waals surface area contributed by atoms with E-state index in [0.717, 1.165) is 24.0 Å². The number of fused-ring (bicyclic) bond motifs is 3. The Morgan fingerprint density at radius 1 is 1.04 bits per heavy atom. The lowest BCUT2D eigenvalue weighted by atomic mass is 9.52. The molecule has 1 heterocycles. The number of carbonyl (C=O) groups is 3. The molecule has 0 unspecified atom stereocenters. The Morgan fingerprint density at radius 2 is 1.71 bits per heavy atom. The van der Waals surface area contributed by atoms with Crippen LogP contribution in [0.2, 0.25) is 0 Å². The number of hydrogen-bond donors (Lipinski definition) is 0. The second-order valence-corrected chi connectivity index (χ2v) is 8.53. The van der Waals surface area contributed by atoms with Gasteiger partial charge in [0.25, 0.3) is 0 Å². The van der Waals surface area contributed by atoms with Crippen LogP contribution < -0.4 is 0 Å². The van der Waals surface area contributed by atoms with Gasteiger partial charge in [-0.05, 0) is 36.7 Å². The maximum absolute atomic E-state index is 11.7. The summed E-state index contributed by atoms with van der Waals surface area (Å²) in [6.45, 7) is 9.12. The average molecular weight is 394 g/mol. The van der Waals surface area contributed by atoms with E-state index in [1.165, 1.54) is 20.8 Å². The Balaban J connectivity index is 1.93. The molecule has 0 aromatic rings. The van der Waals surface area contributed by atoms with Gasteiger partial charge in [0, 0.05) is 31.8 Å². The first-order valence-corrected chi connectivity index (χ1v) is 9.94. The molecule has 2 aliphatic carbocycles. The molecular formula is C21H30O7. The molecule has 3 aliphatic rings. The maximum atomic E-state index is 11.7. The molecule has 0 bridgehead atoms. The Kier molecular flexibility index (Phi) is 5.84. The van der Waals surface area contributed by atoms with Gasteiger partial charge in [-0.2, -0.15) is 0 Å². The summed E-state index contributed by atoms with van der Waals surface area (Å²) in [5, 5.41) is 0. The zero-order chi connectivity index (χ0) is 20.6. The van der Waals surface area contributed by atoms with Crippen molar-refractivity contribution in [3.63, 3.8) is 0 Å². The molecule has 0 N–H and O–H groups in total. The lowest BCUT2D eigenvalue weighted by molar-refractivity contribution is -0.169. The molecule has 6 atom stereocenters. The first-order chi connectivity index (χ1) is 13.1. The van der Waals surface area contributed by atoms with E-state index >= 15 is 0 Å². The van der Waals surface area contributed by atoms with Gasteiger partial charge in [0.05, 0.1) is 12.7 Å². The SMILES string of the molecule is CC(=O)OCC1=C2[C@@H](OC(C)=O)C[C@H]3C[C@H](OC(C)=O)C[C@H](C)[C@@]3(C)[C@@H]2OC1. The molecule has 0 amide bonds. The normalized spacial score (nSPS) is 37.0. The minimum atomic E-state index is -0.406. The van der Waals surface area contributed by atoms with Gasteiger partial charge in [0.2, 0.25) is 0 Å². The summed E-state index contributed by atoms with van der Waals surface area (Å²) in [7, 11) is 0. The molecule has 7 nitrogen and oxygen atoms in total. The largest absolute Gasteiger partial charge is 0.463 e. The number of ether oxygens (including phenoxy) is 4. The van der Waals surface area contributed by atoms with Crippen LogP contribution in [0.3, 0.4) is 0 Å². The van der Waals surface area contributed by atoms with Crippen molar-refractivity contribution in [1.29, 1.82) is 0 Å². The molecule has 28 heavy (non-hydrogen) atoms. The Labute approximate surface area is 165 Å². The van der Waals surface area contributed by atoms with Crippen molar-refractivity contribution in [1.82, 2.24) is 0 Å². The molecule has 0 aromatic heterocycles. The van der Waals surface area contributed by atoms with Crippen LogP contribution in [0.15, 0.2) is 11.1 Å². The fraction of sp³-hybridized carbons (Fsp3) is 0.762. The summed E-state index contributed by atoms with van der Waals surface area (Å²) in [6, 6.07) is 0. The number of carbonyl (C=O) groups excluding carboxylic acids is 3. The van der Waals surface area contributed by atoms with Gasteiger partial charge in [-0.3, -0.25) is 14.4 Å². The van der Waals surface area contributed by atoms with Gasteiger partial charge in [-0.15, -0.1) is 0 Å². The zero-order valence-electron chi connectivity index (χ0n) is 17.3. The molecule has 156 valence electrons. The summed E-state index contributed by atoms with van der Waals surface area (Å²) in [5.74, 6) is -0.530. The second kappa shape index (κ2) is 7.85. The highest BCUT2D eigenvalue weighted by atomic mass is 16.6. The fourth-order valence-corrected chi connectivity index (χ4v) is 5.34. The van der Waals surface area contributed by atoms with Crippen molar-refractivity contribution in [3.05, 3.63) is 11.1 Å². The van der Waals surface area contributed by atoms with Gasteiger partial charge < -0.3 is 18.9 Å². The van der Waals surface area contributed by atoms with Crippen molar-refractivity contribution >= 4 is 17.9 Å². The average Bonchev–Trinajstić information content (AvgIpc) is 3.00. The molecular weight excluding hydrogens is 364 g/mol. The van der Waals surface area contributed by atoms with Crippen LogP contribution in [0.5, 0.6) is 0 Å². The summed E-state index contributed by atoms with van der Waals surface area (Å²) in [6.07, 6.45) is 1.42. The predicted octanol–water partition coefficient (Wildman–Crippen LogP) is 2.56. The minimum absolute atomic E-state index is 0.129. The van der Waals surface area contributed by atoms with Crippen molar-refractivity contribution < 1.29 is 33.3 Å². The van der Waals surface area contributed by atoms with Crippen molar-refractivity contribution in [3.8, 4) is 0 Å². The van der Waals surface area contributed by atoms with E-state index in [-0.39, 0.29) is 54.0 Å². The van der Waals surface area contributed by atoms with Crippen molar-refractivity contribution in [2.45, 2.75) is 72.2 Å². The van der Waals surface area contributed by atoms with E-state index in [4.69, 9.17) is 18.9 Å². The lowest BCUT2D eigenvalue weighted by Gasteiger charge is -2.56. The van der Waals surface area contributed by atoms with Crippen LogP contribution in [0.4, 0.5) is 0 Å². The third-order valence-electron chi connectivity index (χ3n) is 6.72. The summed E-state index contributed by atoms with van der Waals surface area (Å²) in [5.41, 5.74) is 1.68. The second-order valence-electron chi connectivity index (χ2n) is 8.53. The van der Waals surface area contributed by atoms with Crippen LogP contribution >= 0.6 is 0 Å². The van der Waals surface area contributed by atoms with E-state index in [1.54, 1.807) is 0 Å². The Hall–Kier alpha value is -1.89. The minimum Gasteiger partial charge on any atom is -0.463 e. The third-order valence-corrected chi connectivity index (χ3v) is 6.72. The first kappa shape index (κ1) is 20.8. The monoisotopic (exact) mass is 394 g/mol. The fourth-order valence-electron chi connectivity index (χ4n) is 5.34. The number of hydrogen-bond acceptors (Lipinski definition) is 7. The van der Waals surface area contributed by atoms with E-state index in [9.17, 15) is 14.4 Å². The molecule has 0 radical (unpaired) electrons. The first-order valence-electron chi connectivity index (χ1n) is 9.94. The molecule has 0 saturated heterocycles. The smallest absolute Gasteiger partial charge is 0.303 e. The van der Waals surface area contributed by atoms with Gasteiger partial charge in [-0.1, -0.05) is 13.8 Å². The predicted molar refractivity (Wildman–Crippen MR) is 99.1 cm³/mol. The van der Waals surface area contributed by atoms with E-state index in [1.807, 2.05) is 0 Å². The van der Waals surface area contributed by atoms with Gasteiger partial charge in [0.1, 0.15) is 18.8 Å². The van der Waals surface area contributed by atoms with Crippen LogP contribution in [-0.4, -0.2) is 49.4 Å². The van der Waals surface area contributed by atoms with Crippen LogP contribution in [0.25, 0.3) is 0 Å². The highest BCUT2D eigenvalue weighted by Gasteiger charge is 2.59. The van der Waals surface area contributed by atoms with E-state index in [2.05, 4.69) is 13.8 Å². The molecule has 0 spiro atoms. The third kappa shape index (κ3) is 3.81. The number of esters is 3. The Morgan fingerprint density at radius 3 is 2.32 bits per heavy atom. The maximum Gasteiger partial charge on any atom is 0.303 e. The van der Waals surface area contributed by atoms with E-state index in [0.29, 0.717) is 13.0 Å². The lowest BCUT2D eigenvalue weighted by Crippen LogP contribution is -2.56. The van der Waals surface area contributed by atoms with Gasteiger partial charge in [0.15, 0.2) is 0 Å². The molecule has 2 fully saturated rings. The van der Waals surface area contributed by atoms with E-state index < -0.39 is 6.10 Å². The standard InChI is InChI=1S/C21H30O7/c1-11-6-17(27-13(3)23)7-16-8-18(28-14(4)24)19-15(9-25-12(2)22)10-26-20(19)21(11,16)5/h11,16-18,20H,6-10H2,1-5H3/t11-,16+,17+,18-,20+,21+/m0/s1. The molecule has 7 heteroatoms. The molecule has 2 saturated carbocycles. The van der Waals surface area contributed by atoms with Crippen LogP contribution in [-0.2, 0) is 33.3 Å². The van der Waals surface area contributed by atoms with Gasteiger partial charge in [-0.25, -0.2) is 0 Å². The molecule has 3 rings (SSSR count).